The first-order valence-corrected chi connectivity index (χ1v) is 4.03. The Hall–Kier alpha value is -1.86. The average molecular weight is 191 g/mol. The summed E-state index contributed by atoms with van der Waals surface area (Å²) in [7, 11) is 0. The number of benzene rings is 1. The van der Waals surface area contributed by atoms with E-state index in [4.69, 9.17) is 15.5 Å². The zero-order chi connectivity index (χ0) is 10.6. The summed E-state index contributed by atoms with van der Waals surface area (Å²) in [6, 6.07) is 8.45. The summed E-state index contributed by atoms with van der Waals surface area (Å²) in [5.41, 5.74) is 1.10. The van der Waals surface area contributed by atoms with Crippen molar-refractivity contribution in [2.45, 2.75) is 12.5 Å². The van der Waals surface area contributed by atoms with E-state index >= 15 is 0 Å². The van der Waals surface area contributed by atoms with Gasteiger partial charge in [0.2, 0.25) is 0 Å². The molecule has 0 aliphatic heterocycles. The molecule has 14 heavy (non-hydrogen) atoms. The third kappa shape index (κ3) is 2.57. The lowest BCUT2D eigenvalue weighted by molar-refractivity contribution is -0.146. The molecule has 1 atom stereocenters. The molecule has 1 aromatic rings. The molecule has 0 saturated heterocycles. The SMILES string of the molecule is N#Cc1cccc(CC(O)C(=O)O)c1. The van der Waals surface area contributed by atoms with E-state index in [0.29, 0.717) is 11.1 Å². The van der Waals surface area contributed by atoms with Crippen molar-refractivity contribution in [2.24, 2.45) is 0 Å². The average Bonchev–Trinajstić information content (AvgIpc) is 2.18. The van der Waals surface area contributed by atoms with Crippen LogP contribution in [0.5, 0.6) is 0 Å². The van der Waals surface area contributed by atoms with Gasteiger partial charge in [-0.1, -0.05) is 12.1 Å². The zero-order valence-electron chi connectivity index (χ0n) is 7.34. The molecule has 4 heteroatoms. The Morgan fingerprint density at radius 1 is 1.57 bits per heavy atom. The number of carboxylic acids is 1. The van der Waals surface area contributed by atoms with E-state index in [0.717, 1.165) is 0 Å². The molecule has 0 fully saturated rings. The standard InChI is InChI=1S/C10H9NO3/c11-6-8-3-1-2-7(4-8)5-9(12)10(13)14/h1-4,9,12H,5H2,(H,13,14). The second-order valence-corrected chi connectivity index (χ2v) is 2.87. The quantitative estimate of drug-likeness (QED) is 0.730. The van der Waals surface area contributed by atoms with Crippen molar-refractivity contribution in [3.8, 4) is 6.07 Å². The fraction of sp³-hybridized carbons (Fsp3) is 0.200. The van der Waals surface area contributed by atoms with Gasteiger partial charge in [0.25, 0.3) is 0 Å². The molecule has 0 aromatic heterocycles. The maximum Gasteiger partial charge on any atom is 0.332 e. The van der Waals surface area contributed by atoms with Crippen molar-refractivity contribution in [3.05, 3.63) is 35.4 Å². The molecule has 0 amide bonds. The van der Waals surface area contributed by atoms with Crippen LogP contribution in [-0.2, 0) is 11.2 Å². The summed E-state index contributed by atoms with van der Waals surface area (Å²) in [5.74, 6) is -1.26. The van der Waals surface area contributed by atoms with Crippen LogP contribution in [0.4, 0.5) is 0 Å². The summed E-state index contributed by atoms with van der Waals surface area (Å²) in [5, 5.41) is 26.1. The molecule has 0 radical (unpaired) electrons. The highest BCUT2D eigenvalue weighted by molar-refractivity contribution is 5.72. The fourth-order valence-electron chi connectivity index (χ4n) is 1.08. The molecule has 0 aliphatic carbocycles. The van der Waals surface area contributed by atoms with E-state index in [1.165, 1.54) is 0 Å². The van der Waals surface area contributed by atoms with Crippen LogP contribution in [0.25, 0.3) is 0 Å². The molecule has 0 heterocycles. The fourth-order valence-corrected chi connectivity index (χ4v) is 1.08. The normalized spacial score (nSPS) is 11.7. The van der Waals surface area contributed by atoms with Crippen LogP contribution < -0.4 is 0 Å². The largest absolute Gasteiger partial charge is 0.479 e. The summed E-state index contributed by atoms with van der Waals surface area (Å²) in [4.78, 5) is 10.3. The highest BCUT2D eigenvalue weighted by Gasteiger charge is 2.13. The van der Waals surface area contributed by atoms with Gasteiger partial charge < -0.3 is 10.2 Å². The summed E-state index contributed by atoms with van der Waals surface area (Å²) >= 11 is 0. The van der Waals surface area contributed by atoms with Crippen LogP contribution in [0, 0.1) is 11.3 Å². The topological polar surface area (TPSA) is 81.3 Å². The molecule has 1 rings (SSSR count). The highest BCUT2D eigenvalue weighted by Crippen LogP contribution is 2.07. The van der Waals surface area contributed by atoms with Crippen molar-refractivity contribution >= 4 is 5.97 Å². The number of rotatable bonds is 3. The van der Waals surface area contributed by atoms with Gasteiger partial charge in [-0.15, -0.1) is 0 Å². The first-order chi connectivity index (χ1) is 6.63. The summed E-state index contributed by atoms with van der Waals surface area (Å²) in [6.45, 7) is 0. The van der Waals surface area contributed by atoms with E-state index in [1.807, 2.05) is 6.07 Å². The summed E-state index contributed by atoms with van der Waals surface area (Å²) < 4.78 is 0. The Labute approximate surface area is 81.0 Å². The minimum absolute atomic E-state index is 0.0187. The van der Waals surface area contributed by atoms with Crippen LogP contribution in [0.3, 0.4) is 0 Å². The van der Waals surface area contributed by atoms with Crippen LogP contribution in [0.1, 0.15) is 11.1 Å². The molecule has 1 aromatic carbocycles. The number of hydrogen-bond donors (Lipinski definition) is 2. The van der Waals surface area contributed by atoms with Crippen LogP contribution in [0.15, 0.2) is 24.3 Å². The summed E-state index contributed by atoms with van der Waals surface area (Å²) in [6.07, 6.45) is -1.39. The van der Waals surface area contributed by atoms with Gasteiger partial charge in [0.15, 0.2) is 6.10 Å². The molecule has 72 valence electrons. The highest BCUT2D eigenvalue weighted by atomic mass is 16.4. The van der Waals surface area contributed by atoms with Gasteiger partial charge in [0, 0.05) is 6.42 Å². The minimum atomic E-state index is -1.41. The maximum atomic E-state index is 10.3. The van der Waals surface area contributed by atoms with Gasteiger partial charge in [-0.3, -0.25) is 0 Å². The van der Waals surface area contributed by atoms with Crippen molar-refractivity contribution in [2.75, 3.05) is 0 Å². The van der Waals surface area contributed by atoms with Crippen molar-refractivity contribution < 1.29 is 15.0 Å². The van der Waals surface area contributed by atoms with Gasteiger partial charge in [0.1, 0.15) is 0 Å². The molecular formula is C10H9NO3. The minimum Gasteiger partial charge on any atom is -0.479 e. The Balaban J connectivity index is 2.78. The number of nitrogens with zero attached hydrogens (tertiary/aromatic N) is 1. The molecule has 4 nitrogen and oxygen atoms in total. The van der Waals surface area contributed by atoms with Gasteiger partial charge >= 0.3 is 5.97 Å². The van der Waals surface area contributed by atoms with Gasteiger partial charge in [-0.05, 0) is 17.7 Å². The molecule has 0 spiro atoms. The van der Waals surface area contributed by atoms with E-state index in [1.54, 1.807) is 24.3 Å². The van der Waals surface area contributed by atoms with E-state index in [9.17, 15) is 4.79 Å². The number of nitriles is 1. The van der Waals surface area contributed by atoms with Crippen molar-refractivity contribution in [1.29, 1.82) is 5.26 Å². The van der Waals surface area contributed by atoms with Crippen molar-refractivity contribution in [3.63, 3.8) is 0 Å². The second-order valence-electron chi connectivity index (χ2n) is 2.87. The third-order valence-corrected chi connectivity index (χ3v) is 1.77. The Morgan fingerprint density at radius 3 is 2.86 bits per heavy atom. The third-order valence-electron chi connectivity index (χ3n) is 1.77. The molecule has 1 unspecified atom stereocenters. The van der Waals surface area contributed by atoms with E-state index in [2.05, 4.69) is 0 Å². The number of aliphatic carboxylic acids is 1. The van der Waals surface area contributed by atoms with Gasteiger partial charge in [0.05, 0.1) is 11.6 Å². The number of carbonyl (C=O) groups is 1. The molecule has 0 saturated carbocycles. The molecule has 0 bridgehead atoms. The first-order valence-electron chi connectivity index (χ1n) is 4.03. The van der Waals surface area contributed by atoms with Crippen molar-refractivity contribution in [1.82, 2.24) is 0 Å². The van der Waals surface area contributed by atoms with E-state index in [-0.39, 0.29) is 6.42 Å². The number of aliphatic hydroxyl groups excluding tert-OH is 1. The predicted molar refractivity (Wildman–Crippen MR) is 48.5 cm³/mol. The Morgan fingerprint density at radius 2 is 2.29 bits per heavy atom. The monoisotopic (exact) mass is 191 g/mol. The smallest absolute Gasteiger partial charge is 0.332 e. The Bertz CT molecular complexity index is 381. The lowest BCUT2D eigenvalue weighted by Gasteiger charge is -2.04. The molecule has 2 N–H and O–H groups in total. The number of carboxylic acid groups (broad SMARTS) is 1. The maximum absolute atomic E-state index is 10.3. The first kappa shape index (κ1) is 10.2. The molecular weight excluding hydrogens is 182 g/mol. The van der Waals surface area contributed by atoms with Gasteiger partial charge in [-0.2, -0.15) is 5.26 Å². The second kappa shape index (κ2) is 4.40. The van der Waals surface area contributed by atoms with E-state index < -0.39 is 12.1 Å². The van der Waals surface area contributed by atoms with Gasteiger partial charge in [-0.25, -0.2) is 4.79 Å². The number of aliphatic hydroxyl groups is 1. The lowest BCUT2D eigenvalue weighted by atomic mass is 10.1. The van der Waals surface area contributed by atoms with Crippen LogP contribution in [0.2, 0.25) is 0 Å². The lowest BCUT2D eigenvalue weighted by Crippen LogP contribution is -2.21. The number of hydrogen-bond acceptors (Lipinski definition) is 3. The van der Waals surface area contributed by atoms with Crippen LogP contribution >= 0.6 is 0 Å². The zero-order valence-corrected chi connectivity index (χ0v) is 7.34. The van der Waals surface area contributed by atoms with Crippen LogP contribution in [-0.4, -0.2) is 22.3 Å². The Kier molecular flexibility index (Phi) is 3.21. The predicted octanol–water partition coefficient (Wildman–Crippen LogP) is 0.546. The molecule has 0 aliphatic rings.